The van der Waals surface area contributed by atoms with Crippen LogP contribution in [0.25, 0.3) is 11.5 Å². The highest BCUT2D eigenvalue weighted by Gasteiger charge is 2.28. The molecule has 0 amide bonds. The molecule has 1 aliphatic rings. The molecule has 7 heteroatoms. The van der Waals surface area contributed by atoms with Crippen LogP contribution in [-0.4, -0.2) is 36.4 Å². The Morgan fingerprint density at radius 3 is 3.09 bits per heavy atom. The largest absolute Gasteiger partial charge is 0.343 e. The first-order chi connectivity index (χ1) is 11.3. The lowest BCUT2D eigenvalue weighted by Crippen LogP contribution is -2.24. The van der Waals surface area contributed by atoms with E-state index in [1.165, 1.54) is 6.42 Å². The second-order valence-electron chi connectivity index (χ2n) is 5.77. The van der Waals surface area contributed by atoms with Crippen molar-refractivity contribution < 1.29 is 0 Å². The van der Waals surface area contributed by atoms with Crippen molar-refractivity contribution in [3.63, 3.8) is 0 Å². The van der Waals surface area contributed by atoms with E-state index in [-0.39, 0.29) is 0 Å². The Morgan fingerprint density at radius 2 is 2.30 bits per heavy atom. The van der Waals surface area contributed by atoms with Crippen molar-refractivity contribution in [2.45, 2.75) is 32.4 Å². The van der Waals surface area contributed by atoms with Gasteiger partial charge in [0, 0.05) is 24.3 Å². The third-order valence-corrected chi connectivity index (χ3v) is 4.79. The number of hydrogen-bond acceptors (Lipinski definition) is 6. The number of aromatic amines is 1. The van der Waals surface area contributed by atoms with Gasteiger partial charge in [-0.05, 0) is 32.4 Å². The van der Waals surface area contributed by atoms with Crippen molar-refractivity contribution in [3.8, 4) is 11.5 Å². The lowest BCUT2D eigenvalue weighted by atomic mass is 10.1. The molecule has 0 aliphatic carbocycles. The predicted octanol–water partition coefficient (Wildman–Crippen LogP) is 2.97. The van der Waals surface area contributed by atoms with Crippen molar-refractivity contribution in [3.05, 3.63) is 46.6 Å². The third-order valence-electron chi connectivity index (χ3n) is 4.15. The summed E-state index contributed by atoms with van der Waals surface area (Å²) in [5.41, 5.74) is 4.97. The van der Waals surface area contributed by atoms with Crippen molar-refractivity contribution >= 4 is 11.3 Å². The summed E-state index contributed by atoms with van der Waals surface area (Å²) in [5, 5.41) is 2.12. The zero-order chi connectivity index (χ0) is 15.6. The standard InChI is InChI=1S/C16H18N6S/c1-11-20-13(7-14(21-11)16-17-4-5-18-16)15-3-2-6-22(15)8-12-9-23-10-19-12/h4-5,7,9-10,15H,2-3,6,8H2,1H3,(H,17,18)/t15-/m1/s1. The van der Waals surface area contributed by atoms with Gasteiger partial charge in [0.05, 0.1) is 22.9 Å². The number of hydrogen-bond donors (Lipinski definition) is 1. The monoisotopic (exact) mass is 326 g/mol. The van der Waals surface area contributed by atoms with Gasteiger partial charge in [0.1, 0.15) is 11.5 Å². The van der Waals surface area contributed by atoms with E-state index >= 15 is 0 Å². The summed E-state index contributed by atoms with van der Waals surface area (Å²) in [6.45, 7) is 3.91. The van der Waals surface area contributed by atoms with E-state index in [2.05, 4.69) is 36.3 Å². The number of thiazole rings is 1. The average molecular weight is 326 g/mol. The lowest BCUT2D eigenvalue weighted by molar-refractivity contribution is 0.241. The maximum absolute atomic E-state index is 4.69. The molecule has 118 valence electrons. The SMILES string of the molecule is Cc1nc(-c2ncc[nH]2)cc([C@H]2CCCN2Cc2cscn2)n1. The Morgan fingerprint density at radius 1 is 1.35 bits per heavy atom. The van der Waals surface area contributed by atoms with Crippen LogP contribution >= 0.6 is 11.3 Å². The molecule has 1 saturated heterocycles. The zero-order valence-electron chi connectivity index (χ0n) is 12.9. The molecule has 1 aliphatic heterocycles. The molecule has 3 aromatic heterocycles. The number of aromatic nitrogens is 5. The van der Waals surface area contributed by atoms with Gasteiger partial charge in [-0.1, -0.05) is 0 Å². The van der Waals surface area contributed by atoms with E-state index in [0.29, 0.717) is 6.04 Å². The van der Waals surface area contributed by atoms with Crippen molar-refractivity contribution in [2.75, 3.05) is 6.54 Å². The van der Waals surface area contributed by atoms with Gasteiger partial charge in [0.25, 0.3) is 0 Å². The molecule has 3 aromatic rings. The summed E-state index contributed by atoms with van der Waals surface area (Å²) in [6.07, 6.45) is 5.87. The number of aryl methyl sites for hydroxylation is 1. The van der Waals surface area contributed by atoms with Crippen LogP contribution in [-0.2, 0) is 6.54 Å². The van der Waals surface area contributed by atoms with Gasteiger partial charge in [0.2, 0.25) is 0 Å². The molecule has 4 heterocycles. The smallest absolute Gasteiger partial charge is 0.156 e. The zero-order valence-corrected chi connectivity index (χ0v) is 13.8. The molecule has 1 fully saturated rings. The minimum Gasteiger partial charge on any atom is -0.343 e. The predicted molar refractivity (Wildman–Crippen MR) is 88.8 cm³/mol. The topological polar surface area (TPSA) is 70.6 Å². The second kappa shape index (κ2) is 6.17. The van der Waals surface area contributed by atoms with Crippen LogP contribution < -0.4 is 0 Å². The third kappa shape index (κ3) is 3.02. The van der Waals surface area contributed by atoms with E-state index in [4.69, 9.17) is 4.98 Å². The van der Waals surface area contributed by atoms with Crippen LogP contribution in [0, 0.1) is 6.92 Å². The minimum atomic E-state index is 0.326. The van der Waals surface area contributed by atoms with Crippen LogP contribution in [0.1, 0.15) is 36.1 Å². The Balaban J connectivity index is 1.63. The normalized spacial score (nSPS) is 18.6. The van der Waals surface area contributed by atoms with Gasteiger partial charge < -0.3 is 4.98 Å². The first-order valence-corrected chi connectivity index (χ1v) is 8.70. The van der Waals surface area contributed by atoms with E-state index in [0.717, 1.165) is 48.2 Å². The molecule has 6 nitrogen and oxygen atoms in total. The fraction of sp³-hybridized carbons (Fsp3) is 0.375. The Hall–Kier alpha value is -2.12. The van der Waals surface area contributed by atoms with Gasteiger partial charge in [-0.3, -0.25) is 4.90 Å². The summed E-state index contributed by atoms with van der Waals surface area (Å²) in [7, 11) is 0. The van der Waals surface area contributed by atoms with Gasteiger partial charge in [-0.15, -0.1) is 11.3 Å². The fourth-order valence-electron chi connectivity index (χ4n) is 3.16. The summed E-state index contributed by atoms with van der Waals surface area (Å²) < 4.78 is 0. The maximum atomic E-state index is 4.69. The summed E-state index contributed by atoms with van der Waals surface area (Å²) >= 11 is 1.65. The molecular weight excluding hydrogens is 308 g/mol. The molecule has 0 saturated carbocycles. The molecule has 0 radical (unpaired) electrons. The number of nitrogens with zero attached hydrogens (tertiary/aromatic N) is 5. The Labute approximate surface area is 138 Å². The molecule has 1 atom stereocenters. The van der Waals surface area contributed by atoms with E-state index in [9.17, 15) is 0 Å². The average Bonchev–Trinajstić information content (AvgIpc) is 3.30. The van der Waals surface area contributed by atoms with Gasteiger partial charge >= 0.3 is 0 Å². The fourth-order valence-corrected chi connectivity index (χ4v) is 3.71. The molecular formula is C16H18N6S. The molecule has 0 unspecified atom stereocenters. The Bertz CT molecular complexity index is 768. The number of rotatable bonds is 4. The van der Waals surface area contributed by atoms with Crippen LogP contribution in [0.3, 0.4) is 0 Å². The minimum absolute atomic E-state index is 0.326. The molecule has 4 rings (SSSR count). The molecule has 23 heavy (non-hydrogen) atoms. The van der Waals surface area contributed by atoms with Crippen LogP contribution in [0.15, 0.2) is 29.4 Å². The van der Waals surface area contributed by atoms with Crippen LogP contribution in [0.4, 0.5) is 0 Å². The van der Waals surface area contributed by atoms with Crippen molar-refractivity contribution in [1.82, 2.24) is 29.8 Å². The van der Waals surface area contributed by atoms with Crippen molar-refractivity contribution in [1.29, 1.82) is 0 Å². The summed E-state index contributed by atoms with van der Waals surface area (Å²) in [4.78, 5) is 23.5. The number of nitrogens with one attached hydrogen (secondary N) is 1. The first-order valence-electron chi connectivity index (χ1n) is 7.76. The van der Waals surface area contributed by atoms with Gasteiger partial charge in [-0.2, -0.15) is 0 Å². The highest BCUT2D eigenvalue weighted by Crippen LogP contribution is 2.33. The van der Waals surface area contributed by atoms with Gasteiger partial charge in [0.15, 0.2) is 5.82 Å². The van der Waals surface area contributed by atoms with Crippen LogP contribution in [0.5, 0.6) is 0 Å². The van der Waals surface area contributed by atoms with Crippen LogP contribution in [0.2, 0.25) is 0 Å². The van der Waals surface area contributed by atoms with Gasteiger partial charge in [-0.25, -0.2) is 19.9 Å². The number of H-pyrrole nitrogens is 1. The van der Waals surface area contributed by atoms with Crippen molar-refractivity contribution in [2.24, 2.45) is 0 Å². The number of imidazole rings is 1. The maximum Gasteiger partial charge on any atom is 0.156 e. The summed E-state index contributed by atoms with van der Waals surface area (Å²) in [6, 6.07) is 2.39. The second-order valence-corrected chi connectivity index (χ2v) is 6.49. The number of likely N-dealkylation sites (tertiary alicyclic amines) is 1. The summed E-state index contributed by atoms with van der Waals surface area (Å²) in [5.74, 6) is 1.58. The van der Waals surface area contributed by atoms with E-state index in [1.807, 2.05) is 18.6 Å². The molecule has 0 bridgehead atoms. The van der Waals surface area contributed by atoms with E-state index in [1.54, 1.807) is 17.5 Å². The lowest BCUT2D eigenvalue weighted by Gasteiger charge is -2.23. The molecule has 0 aromatic carbocycles. The quantitative estimate of drug-likeness (QED) is 0.798. The Kier molecular flexibility index (Phi) is 3.88. The molecule has 0 spiro atoms. The first kappa shape index (κ1) is 14.5. The van der Waals surface area contributed by atoms with E-state index < -0.39 is 0 Å². The highest BCUT2D eigenvalue weighted by molar-refractivity contribution is 7.07. The highest BCUT2D eigenvalue weighted by atomic mass is 32.1. The molecule has 1 N–H and O–H groups in total.